The van der Waals surface area contributed by atoms with Crippen LogP contribution in [0, 0.1) is 0 Å². The van der Waals surface area contributed by atoms with E-state index in [0.717, 1.165) is 20.3 Å². The Kier molecular flexibility index (Phi) is 4.64. The molecule has 128 valence electrons. The second kappa shape index (κ2) is 7.23. The lowest BCUT2D eigenvalue weighted by atomic mass is 10.2. The van der Waals surface area contributed by atoms with Crippen molar-refractivity contribution in [2.24, 2.45) is 5.10 Å². The van der Waals surface area contributed by atoms with Crippen molar-refractivity contribution in [1.29, 1.82) is 0 Å². The molecule has 5 nitrogen and oxygen atoms in total. The molecule has 0 saturated carbocycles. The third-order valence-electron chi connectivity index (χ3n) is 3.66. The predicted molar refractivity (Wildman–Crippen MR) is 109 cm³/mol. The Morgan fingerprint density at radius 3 is 2.81 bits per heavy atom. The molecule has 1 N–H and O–H groups in total. The van der Waals surface area contributed by atoms with E-state index in [-0.39, 0.29) is 5.63 Å². The lowest BCUT2D eigenvalue weighted by molar-refractivity contribution is 0.563. The number of aromatic nitrogens is 1. The van der Waals surface area contributed by atoms with Crippen molar-refractivity contribution < 1.29 is 4.42 Å². The number of rotatable bonds is 4. The van der Waals surface area contributed by atoms with Crippen molar-refractivity contribution in [1.82, 2.24) is 4.98 Å². The summed E-state index contributed by atoms with van der Waals surface area (Å²) in [6.45, 7) is 0. The monoisotopic (exact) mass is 425 g/mol. The topological polar surface area (TPSA) is 67.5 Å². The van der Waals surface area contributed by atoms with Gasteiger partial charge in [-0.05, 0) is 29.8 Å². The molecule has 0 spiro atoms. The largest absolute Gasteiger partial charge is 0.422 e. The van der Waals surface area contributed by atoms with Crippen molar-refractivity contribution in [3.05, 3.63) is 81.3 Å². The highest BCUT2D eigenvalue weighted by atomic mass is 79.9. The van der Waals surface area contributed by atoms with Crippen LogP contribution >= 0.6 is 27.3 Å². The van der Waals surface area contributed by atoms with Crippen molar-refractivity contribution in [3.63, 3.8) is 0 Å². The van der Waals surface area contributed by atoms with Gasteiger partial charge in [0, 0.05) is 16.1 Å². The molecule has 0 fully saturated rings. The SMILES string of the molecule is O=c1oc2ccccc2cc1-c1cnc(N/N=C\c2ccc(Br)cc2)s1. The van der Waals surface area contributed by atoms with Gasteiger partial charge in [0.25, 0.3) is 0 Å². The first kappa shape index (κ1) is 16.7. The Bertz CT molecular complexity index is 1150. The summed E-state index contributed by atoms with van der Waals surface area (Å²) >= 11 is 4.74. The van der Waals surface area contributed by atoms with Gasteiger partial charge in [0.1, 0.15) is 5.58 Å². The Labute approximate surface area is 161 Å². The van der Waals surface area contributed by atoms with Crippen LogP contribution in [0.4, 0.5) is 5.13 Å². The van der Waals surface area contributed by atoms with Gasteiger partial charge >= 0.3 is 5.63 Å². The summed E-state index contributed by atoms with van der Waals surface area (Å²) in [6.07, 6.45) is 3.35. The van der Waals surface area contributed by atoms with E-state index in [0.29, 0.717) is 16.3 Å². The quantitative estimate of drug-likeness (QED) is 0.279. The molecule has 7 heteroatoms. The summed E-state index contributed by atoms with van der Waals surface area (Å²) in [4.78, 5) is 17.2. The minimum Gasteiger partial charge on any atom is -0.422 e. The first-order valence-electron chi connectivity index (χ1n) is 7.73. The van der Waals surface area contributed by atoms with E-state index in [1.165, 1.54) is 11.3 Å². The molecule has 0 aliphatic carbocycles. The molecule has 0 bridgehead atoms. The normalized spacial score (nSPS) is 11.3. The number of halogens is 1. The van der Waals surface area contributed by atoms with Gasteiger partial charge in [0.15, 0.2) is 0 Å². The van der Waals surface area contributed by atoms with Gasteiger partial charge in [-0.25, -0.2) is 9.78 Å². The van der Waals surface area contributed by atoms with Gasteiger partial charge in [-0.3, -0.25) is 5.43 Å². The molecule has 0 saturated heterocycles. The zero-order valence-electron chi connectivity index (χ0n) is 13.3. The van der Waals surface area contributed by atoms with Crippen LogP contribution in [0.25, 0.3) is 21.4 Å². The second-order valence-corrected chi connectivity index (χ2v) is 7.38. The molecule has 0 aliphatic rings. The lowest BCUT2D eigenvalue weighted by Crippen LogP contribution is -2.01. The average Bonchev–Trinajstić information content (AvgIpc) is 3.11. The third kappa shape index (κ3) is 3.58. The highest BCUT2D eigenvalue weighted by Crippen LogP contribution is 2.28. The van der Waals surface area contributed by atoms with E-state index in [1.807, 2.05) is 48.5 Å². The van der Waals surface area contributed by atoms with Crippen LogP contribution in [-0.2, 0) is 0 Å². The molecular formula is C19H12BrN3O2S. The molecule has 2 aromatic carbocycles. The fourth-order valence-electron chi connectivity index (χ4n) is 2.39. The molecule has 2 aromatic heterocycles. The van der Waals surface area contributed by atoms with Gasteiger partial charge in [0.2, 0.25) is 5.13 Å². The van der Waals surface area contributed by atoms with Gasteiger partial charge < -0.3 is 4.42 Å². The Hall–Kier alpha value is -2.77. The molecule has 0 aliphatic heterocycles. The zero-order chi connectivity index (χ0) is 17.9. The van der Waals surface area contributed by atoms with E-state index in [1.54, 1.807) is 18.5 Å². The van der Waals surface area contributed by atoms with E-state index in [9.17, 15) is 4.79 Å². The van der Waals surface area contributed by atoms with Crippen LogP contribution in [-0.4, -0.2) is 11.2 Å². The number of hydrazone groups is 1. The Morgan fingerprint density at radius 2 is 1.96 bits per heavy atom. The van der Waals surface area contributed by atoms with Gasteiger partial charge in [-0.1, -0.05) is 57.6 Å². The minimum absolute atomic E-state index is 0.378. The summed E-state index contributed by atoms with van der Waals surface area (Å²) in [5.41, 5.74) is 4.54. The Morgan fingerprint density at radius 1 is 1.15 bits per heavy atom. The van der Waals surface area contributed by atoms with Crippen molar-refractivity contribution in [2.45, 2.75) is 0 Å². The lowest BCUT2D eigenvalue weighted by Gasteiger charge is -1.99. The number of hydrogen-bond acceptors (Lipinski definition) is 6. The van der Waals surface area contributed by atoms with Crippen LogP contribution in [0.5, 0.6) is 0 Å². The smallest absolute Gasteiger partial charge is 0.345 e. The number of nitrogens with one attached hydrogen (secondary N) is 1. The fourth-order valence-corrected chi connectivity index (χ4v) is 3.43. The maximum Gasteiger partial charge on any atom is 0.345 e. The number of nitrogens with zero attached hydrogens (tertiary/aromatic N) is 2. The summed E-state index contributed by atoms with van der Waals surface area (Å²) < 4.78 is 6.39. The van der Waals surface area contributed by atoms with Crippen LogP contribution in [0.2, 0.25) is 0 Å². The maximum atomic E-state index is 12.2. The van der Waals surface area contributed by atoms with Crippen molar-refractivity contribution >= 4 is 49.6 Å². The van der Waals surface area contributed by atoms with Crippen LogP contribution in [0.1, 0.15) is 5.56 Å². The van der Waals surface area contributed by atoms with Crippen LogP contribution in [0.15, 0.2) is 79.6 Å². The average molecular weight is 426 g/mol. The number of hydrogen-bond donors (Lipinski definition) is 1. The highest BCUT2D eigenvalue weighted by molar-refractivity contribution is 9.10. The second-order valence-electron chi connectivity index (χ2n) is 5.44. The molecule has 26 heavy (non-hydrogen) atoms. The first-order chi connectivity index (χ1) is 12.7. The zero-order valence-corrected chi connectivity index (χ0v) is 15.8. The van der Waals surface area contributed by atoms with Crippen LogP contribution in [0.3, 0.4) is 0 Å². The van der Waals surface area contributed by atoms with Gasteiger partial charge in [-0.2, -0.15) is 5.10 Å². The highest BCUT2D eigenvalue weighted by Gasteiger charge is 2.11. The van der Waals surface area contributed by atoms with E-state index in [4.69, 9.17) is 4.42 Å². The molecule has 0 amide bonds. The molecule has 2 heterocycles. The van der Waals surface area contributed by atoms with E-state index < -0.39 is 0 Å². The molecule has 0 unspecified atom stereocenters. The van der Waals surface area contributed by atoms with E-state index in [2.05, 4.69) is 31.4 Å². The van der Waals surface area contributed by atoms with Crippen molar-refractivity contribution in [2.75, 3.05) is 5.43 Å². The Balaban J connectivity index is 1.55. The van der Waals surface area contributed by atoms with Gasteiger partial charge in [-0.15, -0.1) is 0 Å². The summed E-state index contributed by atoms with van der Waals surface area (Å²) in [7, 11) is 0. The summed E-state index contributed by atoms with van der Waals surface area (Å²) in [5.74, 6) is 0. The number of anilines is 1. The molecule has 0 atom stereocenters. The fraction of sp³-hybridized carbons (Fsp3) is 0. The number of thiazole rings is 1. The summed E-state index contributed by atoms with van der Waals surface area (Å²) in [5, 5.41) is 5.65. The first-order valence-corrected chi connectivity index (χ1v) is 9.34. The molecule has 4 rings (SSSR count). The van der Waals surface area contributed by atoms with Gasteiger partial charge in [0.05, 0.1) is 16.7 Å². The van der Waals surface area contributed by atoms with E-state index >= 15 is 0 Å². The molecule has 4 aromatic rings. The standard InChI is InChI=1S/C19H12BrN3O2S/c20-14-7-5-12(6-8-14)10-22-23-19-21-11-17(26-19)15-9-13-3-1-2-4-16(13)25-18(15)24/h1-11H,(H,21,23)/b22-10-. The maximum absolute atomic E-state index is 12.2. The van der Waals surface area contributed by atoms with Crippen molar-refractivity contribution in [3.8, 4) is 10.4 Å². The van der Waals surface area contributed by atoms with Crippen LogP contribution < -0.4 is 11.1 Å². The number of para-hydroxylation sites is 1. The predicted octanol–water partition coefficient (Wildman–Crippen LogP) is 5.13. The summed E-state index contributed by atoms with van der Waals surface area (Å²) in [6, 6.07) is 17.0. The number of fused-ring (bicyclic) bond motifs is 1. The number of benzene rings is 2. The third-order valence-corrected chi connectivity index (χ3v) is 5.12. The minimum atomic E-state index is -0.378. The molecular weight excluding hydrogens is 414 g/mol. The molecule has 0 radical (unpaired) electrons.